The van der Waals surface area contributed by atoms with E-state index in [4.69, 9.17) is 12.2 Å². The quantitative estimate of drug-likeness (QED) is 0.747. The lowest BCUT2D eigenvalue weighted by molar-refractivity contribution is 0.0931. The van der Waals surface area contributed by atoms with Gasteiger partial charge in [-0.05, 0) is 37.2 Å². The maximum atomic E-state index is 11.9. The van der Waals surface area contributed by atoms with Crippen LogP contribution < -0.4 is 5.32 Å². The Bertz CT molecular complexity index is 436. The van der Waals surface area contributed by atoms with E-state index in [2.05, 4.69) is 5.32 Å². The van der Waals surface area contributed by atoms with Gasteiger partial charge in [-0.3, -0.25) is 10.1 Å². The Balaban J connectivity index is 1.93. The SMILES string of the molecule is O=C(NC(=S)N1CCC[C@H](O)C1)c1ccccc1. The zero-order chi connectivity index (χ0) is 13.0. The summed E-state index contributed by atoms with van der Waals surface area (Å²) in [6, 6.07) is 8.95. The monoisotopic (exact) mass is 264 g/mol. The van der Waals surface area contributed by atoms with E-state index in [0.717, 1.165) is 19.4 Å². The Morgan fingerprint density at radius 1 is 1.39 bits per heavy atom. The minimum absolute atomic E-state index is 0.208. The van der Waals surface area contributed by atoms with Crippen LogP contribution in [0, 0.1) is 0 Å². The van der Waals surface area contributed by atoms with Crippen LogP contribution in [0.15, 0.2) is 30.3 Å². The van der Waals surface area contributed by atoms with Gasteiger partial charge < -0.3 is 10.0 Å². The van der Waals surface area contributed by atoms with Crippen LogP contribution >= 0.6 is 12.2 Å². The molecule has 0 aliphatic carbocycles. The average molecular weight is 264 g/mol. The first-order valence-electron chi connectivity index (χ1n) is 6.00. The Hall–Kier alpha value is -1.46. The van der Waals surface area contributed by atoms with Crippen molar-refractivity contribution in [3.05, 3.63) is 35.9 Å². The van der Waals surface area contributed by atoms with Crippen molar-refractivity contribution in [3.63, 3.8) is 0 Å². The molecule has 1 aromatic rings. The van der Waals surface area contributed by atoms with E-state index >= 15 is 0 Å². The minimum atomic E-state index is -0.356. The van der Waals surface area contributed by atoms with Gasteiger partial charge in [-0.2, -0.15) is 0 Å². The molecule has 0 unspecified atom stereocenters. The van der Waals surface area contributed by atoms with Crippen LogP contribution in [0.2, 0.25) is 0 Å². The number of rotatable bonds is 1. The van der Waals surface area contributed by atoms with Crippen molar-refractivity contribution < 1.29 is 9.90 Å². The summed E-state index contributed by atoms with van der Waals surface area (Å²) in [5.41, 5.74) is 0.581. The molecule has 18 heavy (non-hydrogen) atoms. The van der Waals surface area contributed by atoms with Gasteiger partial charge in [0, 0.05) is 18.7 Å². The molecule has 0 aromatic heterocycles. The van der Waals surface area contributed by atoms with E-state index in [1.54, 1.807) is 12.1 Å². The maximum absolute atomic E-state index is 11.9. The number of benzene rings is 1. The molecule has 1 aliphatic rings. The van der Waals surface area contributed by atoms with Crippen LogP contribution in [0.5, 0.6) is 0 Å². The maximum Gasteiger partial charge on any atom is 0.257 e. The van der Waals surface area contributed by atoms with Crippen LogP contribution in [0.3, 0.4) is 0 Å². The van der Waals surface area contributed by atoms with Crippen LogP contribution in [-0.2, 0) is 0 Å². The third-order valence-corrected chi connectivity index (χ3v) is 3.30. The van der Waals surface area contributed by atoms with Crippen LogP contribution in [0.4, 0.5) is 0 Å². The molecule has 0 spiro atoms. The molecule has 0 bridgehead atoms. The van der Waals surface area contributed by atoms with Crippen LogP contribution in [0.25, 0.3) is 0 Å². The summed E-state index contributed by atoms with van der Waals surface area (Å²) in [7, 11) is 0. The number of piperidine rings is 1. The van der Waals surface area contributed by atoms with Gasteiger partial charge in [-0.25, -0.2) is 0 Å². The van der Waals surface area contributed by atoms with Gasteiger partial charge in [-0.1, -0.05) is 18.2 Å². The number of likely N-dealkylation sites (tertiary alicyclic amines) is 1. The Morgan fingerprint density at radius 3 is 2.78 bits per heavy atom. The molecule has 2 rings (SSSR count). The standard InChI is InChI=1S/C13H16N2O2S/c16-11-7-4-8-15(9-11)13(18)14-12(17)10-5-2-1-3-6-10/h1-3,5-6,11,16H,4,7-9H2,(H,14,17,18)/t11-/m0/s1. The average Bonchev–Trinajstić information content (AvgIpc) is 2.39. The van der Waals surface area contributed by atoms with E-state index in [1.165, 1.54) is 0 Å². The highest BCUT2D eigenvalue weighted by Crippen LogP contribution is 2.10. The largest absolute Gasteiger partial charge is 0.391 e. The number of amides is 1. The van der Waals surface area contributed by atoms with Gasteiger partial charge in [0.1, 0.15) is 0 Å². The molecule has 0 saturated carbocycles. The first kappa shape index (κ1) is 13.0. The molecule has 4 nitrogen and oxygen atoms in total. The van der Waals surface area contributed by atoms with Crippen molar-refractivity contribution in [2.75, 3.05) is 13.1 Å². The fraction of sp³-hybridized carbons (Fsp3) is 0.385. The molecule has 5 heteroatoms. The molecule has 1 aromatic carbocycles. The second-order valence-electron chi connectivity index (χ2n) is 4.37. The highest BCUT2D eigenvalue weighted by atomic mass is 32.1. The predicted octanol–water partition coefficient (Wildman–Crippen LogP) is 1.16. The molecular weight excluding hydrogens is 248 g/mol. The lowest BCUT2D eigenvalue weighted by Gasteiger charge is -2.31. The fourth-order valence-corrected chi connectivity index (χ4v) is 2.24. The van der Waals surface area contributed by atoms with E-state index in [0.29, 0.717) is 17.2 Å². The Kier molecular flexibility index (Phi) is 4.28. The van der Waals surface area contributed by atoms with Crippen molar-refractivity contribution >= 4 is 23.2 Å². The number of β-amino-alcohol motifs (C(OH)–C–C–N with tert-alkyl or cyclic N) is 1. The predicted molar refractivity (Wildman–Crippen MR) is 73.3 cm³/mol. The lowest BCUT2D eigenvalue weighted by Crippen LogP contribution is -2.48. The fourth-order valence-electron chi connectivity index (χ4n) is 1.98. The molecule has 1 amide bonds. The van der Waals surface area contributed by atoms with E-state index in [9.17, 15) is 9.90 Å². The summed E-state index contributed by atoms with van der Waals surface area (Å²) in [5, 5.41) is 12.7. The van der Waals surface area contributed by atoms with Crippen molar-refractivity contribution in [3.8, 4) is 0 Å². The number of nitrogens with one attached hydrogen (secondary N) is 1. The molecule has 1 saturated heterocycles. The Labute approximate surface area is 112 Å². The molecule has 1 fully saturated rings. The lowest BCUT2D eigenvalue weighted by atomic mass is 10.1. The van der Waals surface area contributed by atoms with Crippen molar-refractivity contribution in [1.29, 1.82) is 0 Å². The van der Waals surface area contributed by atoms with Gasteiger partial charge in [0.05, 0.1) is 6.10 Å². The van der Waals surface area contributed by atoms with Gasteiger partial charge in [0.15, 0.2) is 5.11 Å². The van der Waals surface area contributed by atoms with Gasteiger partial charge in [0.25, 0.3) is 5.91 Å². The number of hydrogen-bond donors (Lipinski definition) is 2. The van der Waals surface area contributed by atoms with Crippen molar-refractivity contribution in [2.24, 2.45) is 0 Å². The van der Waals surface area contributed by atoms with E-state index in [-0.39, 0.29) is 12.0 Å². The summed E-state index contributed by atoms with van der Waals surface area (Å²) in [4.78, 5) is 13.7. The van der Waals surface area contributed by atoms with E-state index < -0.39 is 0 Å². The Morgan fingerprint density at radius 2 is 2.11 bits per heavy atom. The van der Waals surface area contributed by atoms with Gasteiger partial charge in [-0.15, -0.1) is 0 Å². The summed E-state index contributed by atoms with van der Waals surface area (Å²) in [6.45, 7) is 1.28. The highest BCUT2D eigenvalue weighted by molar-refractivity contribution is 7.80. The molecule has 1 aliphatic heterocycles. The number of nitrogens with zero attached hydrogens (tertiary/aromatic N) is 1. The normalized spacial score (nSPS) is 19.4. The minimum Gasteiger partial charge on any atom is -0.391 e. The molecule has 0 radical (unpaired) electrons. The molecule has 2 N–H and O–H groups in total. The number of thiocarbonyl (C=S) groups is 1. The second-order valence-corrected chi connectivity index (χ2v) is 4.75. The summed E-state index contributed by atoms with van der Waals surface area (Å²) in [6.07, 6.45) is 1.33. The molecular formula is C13H16N2O2S. The number of carbonyl (C=O) groups excluding carboxylic acids is 1. The number of hydrogen-bond acceptors (Lipinski definition) is 3. The zero-order valence-corrected chi connectivity index (χ0v) is 10.8. The van der Waals surface area contributed by atoms with Crippen molar-refractivity contribution in [1.82, 2.24) is 10.2 Å². The van der Waals surface area contributed by atoms with Gasteiger partial charge in [0.2, 0.25) is 0 Å². The molecule has 1 heterocycles. The third-order valence-electron chi connectivity index (χ3n) is 2.94. The third kappa shape index (κ3) is 3.27. The summed E-state index contributed by atoms with van der Waals surface area (Å²) < 4.78 is 0. The summed E-state index contributed by atoms with van der Waals surface area (Å²) >= 11 is 5.19. The van der Waals surface area contributed by atoms with Gasteiger partial charge >= 0.3 is 0 Å². The first-order valence-corrected chi connectivity index (χ1v) is 6.41. The summed E-state index contributed by atoms with van der Waals surface area (Å²) in [5.74, 6) is -0.208. The van der Waals surface area contributed by atoms with Crippen LogP contribution in [-0.4, -0.2) is 40.2 Å². The highest BCUT2D eigenvalue weighted by Gasteiger charge is 2.20. The van der Waals surface area contributed by atoms with Crippen molar-refractivity contribution in [2.45, 2.75) is 18.9 Å². The number of aliphatic hydroxyl groups is 1. The number of aliphatic hydroxyl groups excluding tert-OH is 1. The van der Waals surface area contributed by atoms with E-state index in [1.807, 2.05) is 23.1 Å². The molecule has 96 valence electrons. The second kappa shape index (κ2) is 5.93. The first-order chi connectivity index (χ1) is 8.66. The smallest absolute Gasteiger partial charge is 0.257 e. The topological polar surface area (TPSA) is 52.6 Å². The van der Waals surface area contributed by atoms with Crippen LogP contribution in [0.1, 0.15) is 23.2 Å². The molecule has 1 atom stereocenters. The number of carbonyl (C=O) groups is 1. The zero-order valence-electron chi connectivity index (χ0n) is 10.0.